The largest absolute Gasteiger partial charge is 0.481 e. The molecule has 0 unspecified atom stereocenters. The normalized spacial score (nSPS) is 33.0. The minimum Gasteiger partial charge on any atom is -0.481 e. The first-order valence-corrected chi connectivity index (χ1v) is 10.4. The molecule has 28 heavy (non-hydrogen) atoms. The standard InChI is InChI=1S/C20H26F2N4O2/c1-11-4-6-26(11)19-23-17-14(3-2-5-20(17,21)22)18(24-19)25-9-12-7-13(10-25)15(12)8-16(27)28/h11-13,15H,2-10H2,1H3,(H,27,28)/t11-,12-,13+,15+/m0/s1. The number of halogens is 2. The summed E-state index contributed by atoms with van der Waals surface area (Å²) in [5, 5.41) is 9.14. The first kappa shape index (κ1) is 18.1. The molecule has 6 nitrogen and oxygen atoms in total. The minimum atomic E-state index is -2.90. The maximum Gasteiger partial charge on any atom is 0.303 e. The van der Waals surface area contributed by atoms with E-state index in [1.54, 1.807) is 0 Å². The van der Waals surface area contributed by atoms with Gasteiger partial charge in [0.15, 0.2) is 0 Å². The molecule has 0 amide bonds. The fourth-order valence-corrected chi connectivity index (χ4v) is 5.50. The lowest BCUT2D eigenvalue weighted by molar-refractivity contribution is -0.141. The Hall–Kier alpha value is -1.99. The Morgan fingerprint density at radius 1 is 1.29 bits per heavy atom. The van der Waals surface area contributed by atoms with E-state index in [0.29, 0.717) is 55.1 Å². The van der Waals surface area contributed by atoms with Gasteiger partial charge in [-0.25, -0.2) is 4.98 Å². The molecule has 1 saturated carbocycles. The maximum absolute atomic E-state index is 14.7. The highest BCUT2D eigenvalue weighted by Gasteiger charge is 2.49. The zero-order chi connectivity index (χ0) is 19.6. The zero-order valence-corrected chi connectivity index (χ0v) is 16.1. The van der Waals surface area contributed by atoms with Crippen LogP contribution >= 0.6 is 0 Å². The number of carboxylic acids is 1. The fourth-order valence-electron chi connectivity index (χ4n) is 5.50. The Morgan fingerprint density at radius 3 is 2.64 bits per heavy atom. The molecule has 8 heteroatoms. The van der Waals surface area contributed by atoms with Gasteiger partial charge in [-0.3, -0.25) is 4.79 Å². The topological polar surface area (TPSA) is 69.6 Å². The van der Waals surface area contributed by atoms with Crippen molar-refractivity contribution in [1.82, 2.24) is 9.97 Å². The number of alkyl halides is 2. The van der Waals surface area contributed by atoms with E-state index < -0.39 is 11.9 Å². The van der Waals surface area contributed by atoms with Crippen LogP contribution in [0, 0.1) is 17.8 Å². The molecule has 2 aliphatic carbocycles. The van der Waals surface area contributed by atoms with Gasteiger partial charge in [0.05, 0.1) is 0 Å². The molecule has 5 aliphatic rings. The van der Waals surface area contributed by atoms with Crippen LogP contribution < -0.4 is 9.80 Å². The predicted octanol–water partition coefficient (Wildman–Crippen LogP) is 3.05. The number of fused-ring (bicyclic) bond motifs is 3. The number of piperidine rings is 2. The molecule has 4 heterocycles. The highest BCUT2D eigenvalue weighted by atomic mass is 19.3. The molecule has 1 N–H and O–H groups in total. The summed E-state index contributed by atoms with van der Waals surface area (Å²) in [6.45, 7) is 4.28. The lowest BCUT2D eigenvalue weighted by Gasteiger charge is -2.54. The molecule has 3 saturated heterocycles. The number of nitrogens with zero attached hydrogens (tertiary/aromatic N) is 4. The van der Waals surface area contributed by atoms with Gasteiger partial charge < -0.3 is 14.9 Å². The first-order chi connectivity index (χ1) is 13.3. The van der Waals surface area contributed by atoms with Gasteiger partial charge in [-0.15, -0.1) is 0 Å². The lowest BCUT2D eigenvalue weighted by atomic mass is 9.60. The Bertz CT molecular complexity index is 806. The second-order valence-corrected chi connectivity index (χ2v) is 8.99. The molecule has 2 bridgehead atoms. The number of hydrogen-bond donors (Lipinski definition) is 1. The van der Waals surface area contributed by atoms with Gasteiger partial charge >= 0.3 is 5.97 Å². The number of aromatic nitrogens is 2. The van der Waals surface area contributed by atoms with E-state index in [0.717, 1.165) is 19.4 Å². The molecule has 6 rings (SSSR count). The van der Waals surface area contributed by atoms with Crippen molar-refractivity contribution < 1.29 is 18.7 Å². The third-order valence-electron chi connectivity index (χ3n) is 7.25. The second kappa shape index (κ2) is 6.26. The van der Waals surface area contributed by atoms with Crippen LogP contribution in [0.3, 0.4) is 0 Å². The average molecular weight is 392 g/mol. The van der Waals surface area contributed by atoms with Gasteiger partial charge in [-0.1, -0.05) is 0 Å². The summed E-state index contributed by atoms with van der Waals surface area (Å²) < 4.78 is 29.4. The van der Waals surface area contributed by atoms with E-state index in [1.807, 2.05) is 4.90 Å². The summed E-state index contributed by atoms with van der Waals surface area (Å²) in [7, 11) is 0. The predicted molar refractivity (Wildman–Crippen MR) is 99.8 cm³/mol. The molecule has 0 spiro atoms. The number of anilines is 2. The Labute approximate surface area is 162 Å². The highest BCUT2D eigenvalue weighted by molar-refractivity contribution is 5.67. The van der Waals surface area contributed by atoms with E-state index in [4.69, 9.17) is 10.1 Å². The number of rotatable bonds is 4. The van der Waals surface area contributed by atoms with Gasteiger partial charge in [0.1, 0.15) is 11.5 Å². The molecule has 0 radical (unpaired) electrons. The van der Waals surface area contributed by atoms with Crippen LogP contribution in [-0.4, -0.2) is 46.7 Å². The van der Waals surface area contributed by atoms with Crippen molar-refractivity contribution in [3.05, 3.63) is 11.3 Å². The molecule has 1 aromatic heterocycles. The summed E-state index contributed by atoms with van der Waals surface area (Å²) in [5.41, 5.74) is 0.517. The van der Waals surface area contributed by atoms with Crippen molar-refractivity contribution in [2.24, 2.45) is 17.8 Å². The van der Waals surface area contributed by atoms with Crippen LogP contribution in [0.25, 0.3) is 0 Å². The Morgan fingerprint density at radius 2 is 2.04 bits per heavy atom. The maximum atomic E-state index is 14.7. The van der Waals surface area contributed by atoms with Gasteiger partial charge in [-0.05, 0) is 50.4 Å². The molecule has 0 aromatic carbocycles. The summed E-state index contributed by atoms with van der Waals surface area (Å²) >= 11 is 0. The van der Waals surface area contributed by atoms with Crippen LogP contribution in [-0.2, 0) is 17.1 Å². The fraction of sp³-hybridized carbons (Fsp3) is 0.750. The first-order valence-electron chi connectivity index (χ1n) is 10.4. The third kappa shape index (κ3) is 2.75. The number of hydrogen-bond acceptors (Lipinski definition) is 5. The average Bonchev–Trinajstić information content (AvgIpc) is 2.64. The molecular weight excluding hydrogens is 366 g/mol. The Kier molecular flexibility index (Phi) is 4.04. The quantitative estimate of drug-likeness (QED) is 0.849. The molecule has 4 atom stereocenters. The molecule has 152 valence electrons. The van der Waals surface area contributed by atoms with Crippen molar-refractivity contribution in [3.8, 4) is 0 Å². The molecule has 3 aliphatic heterocycles. The van der Waals surface area contributed by atoms with Crippen LogP contribution in [0.5, 0.6) is 0 Å². The monoisotopic (exact) mass is 392 g/mol. The zero-order valence-electron chi connectivity index (χ0n) is 16.1. The van der Waals surface area contributed by atoms with Crippen LogP contribution in [0.1, 0.15) is 50.3 Å². The van der Waals surface area contributed by atoms with E-state index in [9.17, 15) is 13.6 Å². The molecule has 1 aromatic rings. The van der Waals surface area contributed by atoms with Gasteiger partial charge in [-0.2, -0.15) is 13.8 Å². The van der Waals surface area contributed by atoms with Gasteiger partial charge in [0.25, 0.3) is 5.92 Å². The minimum absolute atomic E-state index is 0.0841. The van der Waals surface area contributed by atoms with Crippen molar-refractivity contribution in [1.29, 1.82) is 0 Å². The van der Waals surface area contributed by atoms with Crippen LogP contribution in [0.15, 0.2) is 0 Å². The van der Waals surface area contributed by atoms with Crippen molar-refractivity contribution >= 4 is 17.7 Å². The van der Waals surface area contributed by atoms with E-state index >= 15 is 0 Å². The summed E-state index contributed by atoms with van der Waals surface area (Å²) in [6, 6.07) is 0.276. The summed E-state index contributed by atoms with van der Waals surface area (Å²) in [5.74, 6) is -1.72. The lowest BCUT2D eigenvalue weighted by Crippen LogP contribution is -2.56. The van der Waals surface area contributed by atoms with Crippen LogP contribution in [0.4, 0.5) is 20.5 Å². The number of carbonyl (C=O) groups is 1. The van der Waals surface area contributed by atoms with E-state index in [-0.39, 0.29) is 30.5 Å². The highest BCUT2D eigenvalue weighted by Crippen LogP contribution is 2.50. The van der Waals surface area contributed by atoms with E-state index in [1.165, 1.54) is 0 Å². The SMILES string of the molecule is C[C@H]1CCN1c1nc(N2C[C@H]3C[C@@H](C2)[C@H]3CC(=O)O)c2c(n1)C(F)(F)CCC2. The van der Waals surface area contributed by atoms with Crippen molar-refractivity contribution in [2.75, 3.05) is 29.4 Å². The summed E-state index contributed by atoms with van der Waals surface area (Å²) in [6.07, 6.45) is 3.14. The van der Waals surface area contributed by atoms with Gasteiger partial charge in [0, 0.05) is 44.1 Å². The smallest absolute Gasteiger partial charge is 0.303 e. The number of aliphatic carboxylic acids is 1. The van der Waals surface area contributed by atoms with Crippen molar-refractivity contribution in [3.63, 3.8) is 0 Å². The number of carboxylic acid groups (broad SMARTS) is 1. The Balaban J connectivity index is 1.49. The summed E-state index contributed by atoms with van der Waals surface area (Å²) in [4.78, 5) is 24.4. The third-order valence-corrected chi connectivity index (χ3v) is 7.25. The molecular formula is C20H26F2N4O2. The van der Waals surface area contributed by atoms with Crippen molar-refractivity contribution in [2.45, 2.75) is 57.4 Å². The van der Waals surface area contributed by atoms with E-state index in [2.05, 4.69) is 16.8 Å². The van der Waals surface area contributed by atoms with Gasteiger partial charge in [0.2, 0.25) is 5.95 Å². The van der Waals surface area contributed by atoms with Crippen LogP contribution in [0.2, 0.25) is 0 Å². The second-order valence-electron chi connectivity index (χ2n) is 8.99. The molecule has 4 fully saturated rings.